The Hall–Kier alpha value is -3.41. The number of carbonyl (C=O) groups is 3. The molecule has 0 fully saturated rings. The minimum atomic E-state index is -0.814. The molecule has 6 nitrogen and oxygen atoms in total. The minimum absolute atomic E-state index is 0.110. The zero-order valence-electron chi connectivity index (χ0n) is 38.9. The summed E-state index contributed by atoms with van der Waals surface area (Å²) in [6.45, 7) is 6.39. The van der Waals surface area contributed by atoms with Crippen LogP contribution in [-0.2, 0) is 28.6 Å². The van der Waals surface area contributed by atoms with Gasteiger partial charge in [-0.15, -0.1) is 0 Å². The molecule has 0 bridgehead atoms. The Morgan fingerprint density at radius 1 is 0.350 bits per heavy atom. The molecular weight excluding hydrogens is 745 g/mol. The van der Waals surface area contributed by atoms with Gasteiger partial charge in [0, 0.05) is 19.3 Å². The van der Waals surface area contributed by atoms with E-state index in [1.54, 1.807) is 0 Å². The fourth-order valence-corrected chi connectivity index (χ4v) is 6.42. The summed E-state index contributed by atoms with van der Waals surface area (Å²) in [5.74, 6) is -1.02. The topological polar surface area (TPSA) is 78.9 Å². The maximum absolute atomic E-state index is 12.8. The predicted molar refractivity (Wildman–Crippen MR) is 256 cm³/mol. The smallest absolute Gasteiger partial charge is 0.306 e. The number of esters is 3. The molecule has 0 aromatic heterocycles. The zero-order chi connectivity index (χ0) is 43.7. The molecule has 1 atom stereocenters. The highest BCUT2D eigenvalue weighted by molar-refractivity contribution is 5.71. The van der Waals surface area contributed by atoms with Crippen LogP contribution >= 0.6 is 0 Å². The van der Waals surface area contributed by atoms with Crippen LogP contribution in [0.4, 0.5) is 0 Å². The monoisotopic (exact) mass is 835 g/mol. The van der Waals surface area contributed by atoms with E-state index >= 15 is 0 Å². The molecule has 0 N–H and O–H groups in total. The maximum Gasteiger partial charge on any atom is 0.306 e. The first kappa shape index (κ1) is 56.6. The van der Waals surface area contributed by atoms with E-state index < -0.39 is 6.10 Å². The van der Waals surface area contributed by atoms with Crippen molar-refractivity contribution in [2.24, 2.45) is 0 Å². The maximum atomic E-state index is 12.8. The molecule has 0 aromatic rings. The lowest BCUT2D eigenvalue weighted by molar-refractivity contribution is -0.166. The second-order valence-electron chi connectivity index (χ2n) is 16.0. The van der Waals surface area contributed by atoms with Crippen molar-refractivity contribution in [1.29, 1.82) is 0 Å². The number of ether oxygens (including phenoxy) is 3. The molecule has 0 aliphatic carbocycles. The molecule has 0 aliphatic rings. The molecule has 1 unspecified atom stereocenters. The van der Waals surface area contributed by atoms with Crippen LogP contribution in [0.2, 0.25) is 0 Å². The molecule has 0 aliphatic heterocycles. The molecule has 0 amide bonds. The first-order chi connectivity index (χ1) is 29.5. The summed E-state index contributed by atoms with van der Waals surface area (Å²) in [7, 11) is 0. The van der Waals surface area contributed by atoms with Crippen molar-refractivity contribution in [1.82, 2.24) is 0 Å². The number of allylic oxidation sites excluding steroid dienone is 14. The average Bonchev–Trinajstić information content (AvgIpc) is 3.24. The van der Waals surface area contributed by atoms with Crippen molar-refractivity contribution in [2.75, 3.05) is 13.2 Å². The van der Waals surface area contributed by atoms with E-state index in [1.807, 2.05) is 12.2 Å². The average molecular weight is 835 g/mol. The van der Waals surface area contributed by atoms with Crippen molar-refractivity contribution in [3.63, 3.8) is 0 Å². The van der Waals surface area contributed by atoms with Gasteiger partial charge in [0.15, 0.2) is 6.10 Å². The molecule has 0 radical (unpaired) electrons. The fraction of sp³-hybridized carbons (Fsp3) is 0.685. The van der Waals surface area contributed by atoms with Crippen LogP contribution in [0.15, 0.2) is 85.1 Å². The third kappa shape index (κ3) is 45.7. The summed E-state index contributed by atoms with van der Waals surface area (Å²) >= 11 is 0. The summed E-state index contributed by atoms with van der Waals surface area (Å²) < 4.78 is 16.7. The first-order valence-electron chi connectivity index (χ1n) is 24.6. The van der Waals surface area contributed by atoms with Gasteiger partial charge in [-0.05, 0) is 103 Å². The van der Waals surface area contributed by atoms with Crippen molar-refractivity contribution in [3.05, 3.63) is 85.1 Å². The summed E-state index contributed by atoms with van der Waals surface area (Å²) in [5.41, 5.74) is 0. The van der Waals surface area contributed by atoms with E-state index in [0.717, 1.165) is 103 Å². The van der Waals surface area contributed by atoms with E-state index in [4.69, 9.17) is 14.2 Å². The number of unbranched alkanes of at least 4 members (excludes halogenated alkanes) is 18. The van der Waals surface area contributed by atoms with E-state index in [-0.39, 0.29) is 37.5 Å². The van der Waals surface area contributed by atoms with E-state index in [9.17, 15) is 14.4 Å². The van der Waals surface area contributed by atoms with Gasteiger partial charge in [-0.25, -0.2) is 0 Å². The largest absolute Gasteiger partial charge is 0.462 e. The number of carbonyl (C=O) groups excluding carboxylic acids is 3. The highest BCUT2D eigenvalue weighted by Gasteiger charge is 2.19. The zero-order valence-corrected chi connectivity index (χ0v) is 38.9. The second kappa shape index (κ2) is 48.3. The SMILES string of the molecule is CC/C=C\C/C=C\C/C=C\C/C=C\CCC(=O)OCC(COC(=O)CCCCCCC/C=C\C/C=C\CCCCC)OC(=O)CCCCCCC/C=C\CCCCCCC. The first-order valence-corrected chi connectivity index (χ1v) is 24.6. The molecular formula is C54H90O6. The predicted octanol–water partition coefficient (Wildman–Crippen LogP) is 16.0. The van der Waals surface area contributed by atoms with Gasteiger partial charge in [0.25, 0.3) is 0 Å². The van der Waals surface area contributed by atoms with Crippen molar-refractivity contribution < 1.29 is 28.6 Å². The van der Waals surface area contributed by atoms with Crippen LogP contribution in [0.25, 0.3) is 0 Å². The van der Waals surface area contributed by atoms with Crippen molar-refractivity contribution in [3.8, 4) is 0 Å². The number of hydrogen-bond acceptors (Lipinski definition) is 6. The Morgan fingerprint density at radius 2 is 0.683 bits per heavy atom. The van der Waals surface area contributed by atoms with Gasteiger partial charge in [-0.3, -0.25) is 14.4 Å². The van der Waals surface area contributed by atoms with Crippen molar-refractivity contribution in [2.45, 2.75) is 226 Å². The Labute approximate surface area is 369 Å². The highest BCUT2D eigenvalue weighted by atomic mass is 16.6. The lowest BCUT2D eigenvalue weighted by atomic mass is 10.1. The van der Waals surface area contributed by atoms with Crippen LogP contribution in [-0.4, -0.2) is 37.2 Å². The van der Waals surface area contributed by atoms with Crippen LogP contribution in [0.1, 0.15) is 220 Å². The van der Waals surface area contributed by atoms with Gasteiger partial charge in [0.2, 0.25) is 0 Å². The van der Waals surface area contributed by atoms with Crippen LogP contribution in [0.5, 0.6) is 0 Å². The fourth-order valence-electron chi connectivity index (χ4n) is 6.42. The Kier molecular flexibility index (Phi) is 45.5. The summed E-state index contributed by atoms with van der Waals surface area (Å²) in [6, 6.07) is 0. The van der Waals surface area contributed by atoms with Gasteiger partial charge < -0.3 is 14.2 Å². The third-order valence-electron chi connectivity index (χ3n) is 10.1. The summed E-state index contributed by atoms with van der Waals surface area (Å²) in [6.07, 6.45) is 61.5. The molecule has 342 valence electrons. The standard InChI is InChI=1S/C54H90O6/c1-4-7-10-13-16-19-22-25-27-30-32-35-38-41-44-47-53(56)59-50-51(49-58-52(55)46-43-40-37-34-31-28-24-21-18-15-12-9-6-3)60-54(57)48-45-42-39-36-33-29-26-23-20-17-14-11-8-5-2/h9,12,16,18-19,21,23,25-28,31,37,40,51H,4-8,10-11,13-15,17,20,22,24,29-30,32-36,38-39,41-50H2,1-3H3/b12-9-,19-16-,21-18-,26-23-,27-25-,31-28-,40-37-. The minimum Gasteiger partial charge on any atom is -0.462 e. The molecule has 6 heteroatoms. The Morgan fingerprint density at radius 3 is 1.17 bits per heavy atom. The van der Waals surface area contributed by atoms with Gasteiger partial charge >= 0.3 is 17.9 Å². The van der Waals surface area contributed by atoms with Gasteiger partial charge in [-0.2, -0.15) is 0 Å². The Balaban J connectivity index is 4.51. The molecule has 0 heterocycles. The molecule has 0 spiro atoms. The summed E-state index contributed by atoms with van der Waals surface area (Å²) in [4.78, 5) is 37.8. The lowest BCUT2D eigenvalue weighted by Gasteiger charge is -2.18. The molecule has 0 aromatic carbocycles. The molecule has 0 saturated heterocycles. The van der Waals surface area contributed by atoms with E-state index in [1.165, 1.54) is 70.6 Å². The molecule has 0 saturated carbocycles. The molecule has 60 heavy (non-hydrogen) atoms. The Bertz CT molecular complexity index is 1190. The van der Waals surface area contributed by atoms with Gasteiger partial charge in [0.05, 0.1) is 0 Å². The third-order valence-corrected chi connectivity index (χ3v) is 10.1. The van der Waals surface area contributed by atoms with Crippen LogP contribution in [0.3, 0.4) is 0 Å². The highest BCUT2D eigenvalue weighted by Crippen LogP contribution is 2.13. The molecule has 0 rings (SSSR count). The van der Waals surface area contributed by atoms with E-state index in [2.05, 4.69) is 93.7 Å². The van der Waals surface area contributed by atoms with Crippen molar-refractivity contribution >= 4 is 17.9 Å². The normalized spacial score (nSPS) is 12.8. The van der Waals surface area contributed by atoms with Crippen LogP contribution < -0.4 is 0 Å². The lowest BCUT2D eigenvalue weighted by Crippen LogP contribution is -2.30. The van der Waals surface area contributed by atoms with Gasteiger partial charge in [0.1, 0.15) is 13.2 Å². The summed E-state index contributed by atoms with van der Waals surface area (Å²) in [5, 5.41) is 0. The number of hydrogen-bond donors (Lipinski definition) is 0. The van der Waals surface area contributed by atoms with Gasteiger partial charge in [-0.1, -0.05) is 183 Å². The number of rotatable bonds is 43. The van der Waals surface area contributed by atoms with E-state index in [0.29, 0.717) is 19.3 Å². The quantitative estimate of drug-likeness (QED) is 0.0263. The van der Waals surface area contributed by atoms with Crippen LogP contribution in [0, 0.1) is 0 Å². The second-order valence-corrected chi connectivity index (χ2v) is 16.0.